The molecule has 1 aromatic carbocycles. The third kappa shape index (κ3) is 4.58. The fourth-order valence-electron chi connectivity index (χ4n) is 1.76. The first kappa shape index (κ1) is 17.1. The molecular formula is C15H14ClN5OS. The first-order valence-corrected chi connectivity index (χ1v) is 7.93. The van der Waals surface area contributed by atoms with E-state index >= 15 is 0 Å². The Kier molecular flexibility index (Phi) is 5.42. The van der Waals surface area contributed by atoms with Crippen LogP contribution in [-0.4, -0.2) is 21.1 Å². The minimum atomic E-state index is -0.425. The number of thioether (sulfide) groups is 1. The van der Waals surface area contributed by atoms with Crippen LogP contribution in [0.1, 0.15) is 18.2 Å². The molecule has 3 N–H and O–H groups in total. The molecule has 1 amide bonds. The van der Waals surface area contributed by atoms with Gasteiger partial charge in [-0.3, -0.25) is 4.79 Å². The fraction of sp³-hybridized carbons (Fsp3) is 0.200. The molecule has 0 aliphatic carbocycles. The molecule has 0 spiro atoms. The maximum atomic E-state index is 12.2. The number of nitrogen functional groups attached to an aromatic ring is 1. The van der Waals surface area contributed by atoms with Crippen LogP contribution in [0.25, 0.3) is 0 Å². The molecule has 1 atom stereocenters. The number of carbonyl (C=O) groups excluding carboxylic acids is 1. The van der Waals surface area contributed by atoms with Crippen LogP contribution in [-0.2, 0) is 4.79 Å². The van der Waals surface area contributed by atoms with Crippen molar-refractivity contribution in [2.24, 2.45) is 0 Å². The van der Waals surface area contributed by atoms with Crippen LogP contribution >= 0.6 is 23.4 Å². The summed E-state index contributed by atoms with van der Waals surface area (Å²) in [6, 6.07) is 8.34. The Hall–Kier alpha value is -2.30. The number of nitrogens with two attached hydrogens (primary N) is 1. The number of benzene rings is 1. The molecule has 118 valence electrons. The summed E-state index contributed by atoms with van der Waals surface area (Å²) in [7, 11) is 0. The number of nitrogens with zero attached hydrogens (tertiary/aromatic N) is 3. The number of hydrogen-bond acceptors (Lipinski definition) is 6. The predicted molar refractivity (Wildman–Crippen MR) is 91.3 cm³/mol. The fourth-order valence-corrected chi connectivity index (χ4v) is 2.82. The minimum absolute atomic E-state index is 0.223. The summed E-state index contributed by atoms with van der Waals surface area (Å²) in [6.07, 6.45) is 0. The molecule has 0 bridgehead atoms. The lowest BCUT2D eigenvalue weighted by Crippen LogP contribution is -2.22. The van der Waals surface area contributed by atoms with E-state index in [1.54, 1.807) is 25.1 Å². The molecule has 1 unspecified atom stereocenters. The Bertz CT molecular complexity index is 770. The SMILES string of the molecule is Cc1cc(N)nc(SC(C)C(=O)Nc2ccc(C#N)c(Cl)c2)n1. The van der Waals surface area contributed by atoms with Crippen molar-refractivity contribution in [3.63, 3.8) is 0 Å². The molecule has 0 fully saturated rings. The number of aryl methyl sites for hydroxylation is 1. The van der Waals surface area contributed by atoms with E-state index in [2.05, 4.69) is 15.3 Å². The van der Waals surface area contributed by atoms with E-state index in [9.17, 15) is 4.79 Å². The summed E-state index contributed by atoms with van der Waals surface area (Å²) in [4.78, 5) is 20.6. The number of hydrogen-bond donors (Lipinski definition) is 2. The van der Waals surface area contributed by atoms with Gasteiger partial charge in [0.2, 0.25) is 5.91 Å². The van der Waals surface area contributed by atoms with Gasteiger partial charge in [0.25, 0.3) is 0 Å². The van der Waals surface area contributed by atoms with Crippen molar-refractivity contribution in [1.29, 1.82) is 5.26 Å². The van der Waals surface area contributed by atoms with Crippen LogP contribution in [0, 0.1) is 18.3 Å². The van der Waals surface area contributed by atoms with E-state index in [-0.39, 0.29) is 5.91 Å². The summed E-state index contributed by atoms with van der Waals surface area (Å²) >= 11 is 7.16. The standard InChI is InChI=1S/C15H14ClN5OS/c1-8-5-13(18)21-15(19-8)23-9(2)14(22)20-11-4-3-10(7-17)12(16)6-11/h3-6,9H,1-2H3,(H,20,22)(H2,18,19,21). The van der Waals surface area contributed by atoms with Gasteiger partial charge in [0.05, 0.1) is 15.8 Å². The maximum absolute atomic E-state index is 12.2. The van der Waals surface area contributed by atoms with Gasteiger partial charge in [-0.05, 0) is 32.0 Å². The number of carbonyl (C=O) groups is 1. The van der Waals surface area contributed by atoms with E-state index < -0.39 is 5.25 Å². The summed E-state index contributed by atoms with van der Waals surface area (Å²) in [6.45, 7) is 3.55. The summed E-state index contributed by atoms with van der Waals surface area (Å²) in [5, 5.41) is 11.9. The highest BCUT2D eigenvalue weighted by atomic mass is 35.5. The van der Waals surface area contributed by atoms with Gasteiger partial charge >= 0.3 is 0 Å². The monoisotopic (exact) mass is 347 g/mol. The molecule has 2 rings (SSSR count). The van der Waals surface area contributed by atoms with Gasteiger partial charge < -0.3 is 11.1 Å². The van der Waals surface area contributed by atoms with Gasteiger partial charge in [0, 0.05) is 17.4 Å². The summed E-state index contributed by atoms with van der Waals surface area (Å²) in [5.41, 5.74) is 7.30. The van der Waals surface area contributed by atoms with Crippen molar-refractivity contribution in [3.05, 3.63) is 40.5 Å². The first-order valence-electron chi connectivity index (χ1n) is 6.67. The van der Waals surface area contributed by atoms with Crippen molar-refractivity contribution in [1.82, 2.24) is 9.97 Å². The smallest absolute Gasteiger partial charge is 0.237 e. The second-order valence-electron chi connectivity index (χ2n) is 4.77. The van der Waals surface area contributed by atoms with Crippen LogP contribution in [0.15, 0.2) is 29.4 Å². The highest BCUT2D eigenvalue weighted by molar-refractivity contribution is 8.00. The van der Waals surface area contributed by atoms with Crippen LogP contribution in [0.3, 0.4) is 0 Å². The number of anilines is 2. The molecule has 0 aliphatic rings. The number of rotatable bonds is 4. The van der Waals surface area contributed by atoms with Gasteiger partial charge in [0.15, 0.2) is 5.16 Å². The first-order chi connectivity index (χ1) is 10.9. The lowest BCUT2D eigenvalue weighted by Gasteiger charge is -2.12. The average Bonchev–Trinajstić information content (AvgIpc) is 2.46. The molecule has 1 aromatic heterocycles. The van der Waals surface area contributed by atoms with Gasteiger partial charge in [-0.15, -0.1) is 0 Å². The van der Waals surface area contributed by atoms with E-state index in [4.69, 9.17) is 22.6 Å². The van der Waals surface area contributed by atoms with E-state index in [0.717, 1.165) is 5.69 Å². The zero-order valence-corrected chi connectivity index (χ0v) is 14.1. The van der Waals surface area contributed by atoms with Crippen molar-refractivity contribution in [2.75, 3.05) is 11.1 Å². The normalized spacial score (nSPS) is 11.6. The molecule has 8 heteroatoms. The average molecular weight is 348 g/mol. The van der Waals surface area contributed by atoms with Crippen molar-refractivity contribution in [3.8, 4) is 6.07 Å². The molecule has 0 saturated heterocycles. The Morgan fingerprint density at radius 2 is 2.17 bits per heavy atom. The quantitative estimate of drug-likeness (QED) is 0.650. The largest absolute Gasteiger partial charge is 0.384 e. The molecule has 0 radical (unpaired) electrons. The zero-order chi connectivity index (χ0) is 17.0. The van der Waals surface area contributed by atoms with E-state index in [0.29, 0.717) is 27.2 Å². The number of halogens is 1. The third-order valence-corrected chi connectivity index (χ3v) is 4.14. The van der Waals surface area contributed by atoms with Crippen LogP contribution in [0.4, 0.5) is 11.5 Å². The van der Waals surface area contributed by atoms with E-state index in [1.165, 1.54) is 17.8 Å². The summed E-state index contributed by atoms with van der Waals surface area (Å²) < 4.78 is 0. The molecular weight excluding hydrogens is 334 g/mol. The molecule has 1 heterocycles. The van der Waals surface area contributed by atoms with Gasteiger partial charge in [-0.2, -0.15) is 5.26 Å². The molecule has 2 aromatic rings. The Morgan fingerprint density at radius 1 is 1.43 bits per heavy atom. The molecule has 0 saturated carbocycles. The van der Waals surface area contributed by atoms with Crippen LogP contribution in [0.5, 0.6) is 0 Å². The highest BCUT2D eigenvalue weighted by Gasteiger charge is 2.17. The highest BCUT2D eigenvalue weighted by Crippen LogP contribution is 2.24. The second-order valence-corrected chi connectivity index (χ2v) is 6.49. The van der Waals surface area contributed by atoms with Crippen LogP contribution in [0.2, 0.25) is 5.02 Å². The lowest BCUT2D eigenvalue weighted by atomic mass is 10.2. The molecule has 0 aliphatic heterocycles. The minimum Gasteiger partial charge on any atom is -0.384 e. The topological polar surface area (TPSA) is 105 Å². The number of aromatic nitrogens is 2. The Balaban J connectivity index is 2.05. The van der Waals surface area contributed by atoms with Crippen molar-refractivity contribution < 1.29 is 4.79 Å². The Labute approximate surface area is 143 Å². The molecule has 23 heavy (non-hydrogen) atoms. The van der Waals surface area contributed by atoms with Gasteiger partial charge in [0.1, 0.15) is 11.9 Å². The van der Waals surface area contributed by atoms with E-state index in [1.807, 2.05) is 13.0 Å². The second kappa shape index (κ2) is 7.31. The number of amides is 1. The number of nitrogens with one attached hydrogen (secondary N) is 1. The number of nitriles is 1. The predicted octanol–water partition coefficient (Wildman–Crippen LogP) is 3.01. The molecule has 6 nitrogen and oxygen atoms in total. The Morgan fingerprint density at radius 3 is 2.78 bits per heavy atom. The lowest BCUT2D eigenvalue weighted by molar-refractivity contribution is -0.115. The van der Waals surface area contributed by atoms with Gasteiger partial charge in [-0.25, -0.2) is 9.97 Å². The van der Waals surface area contributed by atoms with Crippen molar-refractivity contribution >= 4 is 40.8 Å². The van der Waals surface area contributed by atoms with Crippen molar-refractivity contribution in [2.45, 2.75) is 24.3 Å². The zero-order valence-electron chi connectivity index (χ0n) is 12.5. The van der Waals surface area contributed by atoms with Gasteiger partial charge in [-0.1, -0.05) is 23.4 Å². The maximum Gasteiger partial charge on any atom is 0.237 e. The van der Waals surface area contributed by atoms with Crippen LogP contribution < -0.4 is 11.1 Å². The third-order valence-electron chi connectivity index (χ3n) is 2.86. The summed E-state index contributed by atoms with van der Waals surface area (Å²) in [5.74, 6) is 0.144.